The lowest BCUT2D eigenvalue weighted by atomic mass is 10.2. The number of benzene rings is 2. The van der Waals surface area contributed by atoms with Crippen LogP contribution in [0.15, 0.2) is 63.2 Å². The minimum absolute atomic E-state index is 0.244. The molecule has 38 heavy (non-hydrogen) atoms. The van der Waals surface area contributed by atoms with Crippen LogP contribution in [-0.4, -0.2) is 75.9 Å². The van der Waals surface area contributed by atoms with E-state index in [2.05, 4.69) is 10.6 Å². The summed E-state index contributed by atoms with van der Waals surface area (Å²) in [6, 6.07) is 10.7. The molecular weight excluding hydrogens is 569 g/mol. The minimum atomic E-state index is -5.92. The molecule has 2 atom stereocenters. The van der Waals surface area contributed by atoms with Crippen molar-refractivity contribution in [3.63, 3.8) is 0 Å². The number of carboxylic acid groups (broad SMARTS) is 1. The SMILES string of the molecule is NS(=O)(=O)c1ccc(NC(CCN2CC[C@@H](NC(=O)O)C2)CSc2ccccc2)c(S(=O)(=O)C(F)(F)F)c1. The molecule has 2 aromatic carbocycles. The van der Waals surface area contributed by atoms with E-state index in [0.29, 0.717) is 44.3 Å². The molecule has 0 aromatic heterocycles. The highest BCUT2D eigenvalue weighted by Crippen LogP contribution is 2.36. The molecule has 1 fully saturated rings. The van der Waals surface area contributed by atoms with Crippen LogP contribution in [0.1, 0.15) is 12.8 Å². The first-order chi connectivity index (χ1) is 17.7. The predicted molar refractivity (Wildman–Crippen MR) is 136 cm³/mol. The molecule has 5 N–H and O–H groups in total. The Kier molecular flexibility index (Phi) is 9.57. The van der Waals surface area contributed by atoms with E-state index in [1.807, 2.05) is 35.2 Å². The Labute approximate surface area is 222 Å². The van der Waals surface area contributed by atoms with E-state index in [1.165, 1.54) is 11.8 Å². The molecule has 3 rings (SSSR count). The van der Waals surface area contributed by atoms with Crippen LogP contribution in [0.2, 0.25) is 0 Å². The highest BCUT2D eigenvalue weighted by Gasteiger charge is 2.48. The average Bonchev–Trinajstić information content (AvgIpc) is 3.26. The van der Waals surface area contributed by atoms with Gasteiger partial charge in [-0.15, -0.1) is 11.8 Å². The summed E-state index contributed by atoms with van der Waals surface area (Å²) in [5, 5.41) is 19.2. The third kappa shape index (κ3) is 7.99. The van der Waals surface area contributed by atoms with Crippen LogP contribution >= 0.6 is 11.8 Å². The van der Waals surface area contributed by atoms with Crippen molar-refractivity contribution in [1.82, 2.24) is 10.2 Å². The van der Waals surface area contributed by atoms with Crippen LogP contribution in [0.5, 0.6) is 0 Å². The smallest absolute Gasteiger partial charge is 0.465 e. The maximum Gasteiger partial charge on any atom is 0.501 e. The summed E-state index contributed by atoms with van der Waals surface area (Å²) >= 11 is 1.41. The monoisotopic (exact) mass is 596 g/mol. The molecule has 10 nitrogen and oxygen atoms in total. The fourth-order valence-electron chi connectivity index (χ4n) is 3.94. The zero-order chi connectivity index (χ0) is 28.1. The van der Waals surface area contributed by atoms with Crippen molar-refractivity contribution in [3.8, 4) is 0 Å². The number of nitrogens with one attached hydrogen (secondary N) is 2. The molecule has 210 valence electrons. The van der Waals surface area contributed by atoms with Gasteiger partial charge in [0.1, 0.15) is 4.90 Å². The lowest BCUT2D eigenvalue weighted by molar-refractivity contribution is -0.0435. The summed E-state index contributed by atoms with van der Waals surface area (Å²) in [4.78, 5) is 11.8. The largest absolute Gasteiger partial charge is 0.501 e. The second-order valence-corrected chi connectivity index (χ2v) is 13.2. The van der Waals surface area contributed by atoms with E-state index in [0.717, 1.165) is 17.0 Å². The number of nitrogens with two attached hydrogens (primary N) is 1. The standard InChI is InChI=1S/C22H27F3N4O6S3/c23-22(24,25)37(32,33)20-12-18(38(26,34)35)6-7-19(20)27-16(14-36-17-4-2-1-3-5-17)9-11-29-10-8-15(13-29)28-21(30)31/h1-7,12,15-16,27-28H,8-11,13-14H2,(H,30,31)(H2,26,34,35)/t15-,16?/m1/s1. The number of nitrogens with zero attached hydrogens (tertiary/aromatic N) is 1. The molecule has 1 amide bonds. The van der Waals surface area contributed by atoms with Gasteiger partial charge in [-0.1, -0.05) is 18.2 Å². The lowest BCUT2D eigenvalue weighted by Crippen LogP contribution is -2.37. The fraction of sp³-hybridized carbons (Fsp3) is 0.409. The van der Waals surface area contributed by atoms with E-state index in [9.17, 15) is 34.8 Å². The van der Waals surface area contributed by atoms with Gasteiger partial charge in [0, 0.05) is 42.4 Å². The molecule has 1 aliphatic heterocycles. The molecule has 2 aromatic rings. The number of carbonyl (C=O) groups is 1. The second kappa shape index (κ2) is 12.1. The molecule has 0 spiro atoms. The molecule has 0 aliphatic carbocycles. The highest BCUT2D eigenvalue weighted by molar-refractivity contribution is 7.99. The van der Waals surface area contributed by atoms with Gasteiger partial charge in [-0.3, -0.25) is 0 Å². The Hall–Kier alpha value is -2.53. The topological polar surface area (TPSA) is 159 Å². The molecule has 1 aliphatic rings. The Balaban J connectivity index is 1.87. The van der Waals surface area contributed by atoms with Crippen molar-refractivity contribution in [2.45, 2.75) is 45.1 Å². The molecular formula is C22H27F3N4O6S3. The Morgan fingerprint density at radius 3 is 2.45 bits per heavy atom. The first kappa shape index (κ1) is 30.0. The number of hydrogen-bond donors (Lipinski definition) is 4. The number of halogens is 3. The molecule has 1 saturated heterocycles. The first-order valence-corrected chi connectivity index (χ1v) is 15.3. The van der Waals surface area contributed by atoms with E-state index < -0.39 is 53.0 Å². The molecule has 1 heterocycles. The fourth-order valence-corrected chi connectivity index (χ4v) is 6.50. The first-order valence-electron chi connectivity index (χ1n) is 11.3. The van der Waals surface area contributed by atoms with Crippen molar-refractivity contribution in [1.29, 1.82) is 0 Å². The zero-order valence-corrected chi connectivity index (χ0v) is 22.3. The van der Waals surface area contributed by atoms with Crippen LogP contribution in [-0.2, 0) is 19.9 Å². The van der Waals surface area contributed by atoms with Crippen molar-refractivity contribution in [3.05, 3.63) is 48.5 Å². The summed E-state index contributed by atoms with van der Waals surface area (Å²) in [7, 11) is -10.4. The number of anilines is 1. The molecule has 1 unspecified atom stereocenters. The van der Waals surface area contributed by atoms with Gasteiger partial charge in [0.05, 0.1) is 10.6 Å². The van der Waals surface area contributed by atoms with E-state index in [1.54, 1.807) is 0 Å². The Morgan fingerprint density at radius 2 is 1.84 bits per heavy atom. The van der Waals surface area contributed by atoms with Gasteiger partial charge < -0.3 is 20.6 Å². The highest BCUT2D eigenvalue weighted by atomic mass is 32.2. The van der Waals surface area contributed by atoms with Crippen LogP contribution in [0.4, 0.5) is 23.7 Å². The third-order valence-corrected chi connectivity index (χ3v) is 9.44. The number of sulfonamides is 1. The maximum atomic E-state index is 13.5. The van der Waals surface area contributed by atoms with E-state index >= 15 is 0 Å². The number of primary sulfonamides is 1. The summed E-state index contributed by atoms with van der Waals surface area (Å²) < 4.78 is 88.5. The van der Waals surface area contributed by atoms with Gasteiger partial charge in [0.25, 0.3) is 9.84 Å². The van der Waals surface area contributed by atoms with Crippen LogP contribution in [0.25, 0.3) is 0 Å². The number of rotatable bonds is 11. The average molecular weight is 597 g/mol. The van der Waals surface area contributed by atoms with Gasteiger partial charge in [-0.05, 0) is 43.2 Å². The lowest BCUT2D eigenvalue weighted by Gasteiger charge is -2.25. The Bertz CT molecular complexity index is 1340. The minimum Gasteiger partial charge on any atom is -0.465 e. The van der Waals surface area contributed by atoms with Crippen molar-refractivity contribution in [2.24, 2.45) is 5.14 Å². The van der Waals surface area contributed by atoms with Crippen LogP contribution in [0, 0.1) is 0 Å². The summed E-state index contributed by atoms with van der Waals surface area (Å²) in [6.07, 6.45) is -0.147. The van der Waals surface area contributed by atoms with Crippen LogP contribution in [0.3, 0.4) is 0 Å². The molecule has 0 radical (unpaired) electrons. The van der Waals surface area contributed by atoms with Gasteiger partial charge in [0.15, 0.2) is 0 Å². The van der Waals surface area contributed by atoms with E-state index in [-0.39, 0.29) is 6.04 Å². The number of sulfone groups is 1. The van der Waals surface area contributed by atoms with Crippen LogP contribution < -0.4 is 15.8 Å². The van der Waals surface area contributed by atoms with Gasteiger partial charge in [-0.2, -0.15) is 13.2 Å². The summed E-state index contributed by atoms with van der Waals surface area (Å²) in [6.45, 7) is 1.53. The summed E-state index contributed by atoms with van der Waals surface area (Å²) in [5.41, 5.74) is -6.07. The van der Waals surface area contributed by atoms with Gasteiger partial charge >= 0.3 is 11.6 Å². The third-order valence-electron chi connectivity index (χ3n) is 5.82. The zero-order valence-electron chi connectivity index (χ0n) is 19.9. The second-order valence-electron chi connectivity index (χ2n) is 8.64. The Morgan fingerprint density at radius 1 is 1.16 bits per heavy atom. The molecule has 16 heteroatoms. The maximum absolute atomic E-state index is 13.5. The quantitative estimate of drug-likeness (QED) is 0.286. The number of thioether (sulfide) groups is 1. The number of alkyl halides is 3. The summed E-state index contributed by atoms with van der Waals surface area (Å²) in [5.74, 6) is 0.344. The predicted octanol–water partition coefficient (Wildman–Crippen LogP) is 2.93. The van der Waals surface area contributed by atoms with Gasteiger partial charge in [-0.25, -0.2) is 26.8 Å². The number of likely N-dealkylation sites (tertiary alicyclic amines) is 1. The molecule has 0 saturated carbocycles. The van der Waals surface area contributed by atoms with Crippen molar-refractivity contribution < 1.29 is 39.9 Å². The van der Waals surface area contributed by atoms with Gasteiger partial charge in [0.2, 0.25) is 10.0 Å². The number of amides is 1. The molecule has 0 bridgehead atoms. The van der Waals surface area contributed by atoms with Crippen molar-refractivity contribution in [2.75, 3.05) is 30.7 Å². The normalized spacial score (nSPS) is 17.7. The van der Waals surface area contributed by atoms with E-state index in [4.69, 9.17) is 10.2 Å². The number of hydrogen-bond acceptors (Lipinski definition) is 8. The van der Waals surface area contributed by atoms with Crippen molar-refractivity contribution >= 4 is 43.4 Å².